The first-order chi connectivity index (χ1) is 10.2. The van der Waals surface area contributed by atoms with Crippen LogP contribution in [0.5, 0.6) is 5.75 Å². The number of anilines is 2. The van der Waals surface area contributed by atoms with Crippen molar-refractivity contribution >= 4 is 40.5 Å². The molecule has 0 aromatic heterocycles. The Kier molecular flexibility index (Phi) is 2.88. The molecule has 3 aromatic carbocycles. The summed E-state index contributed by atoms with van der Waals surface area (Å²) < 4.78 is 6.03. The van der Waals surface area contributed by atoms with E-state index in [2.05, 4.69) is 22.3 Å². The smallest absolute Gasteiger partial charge is 0.299 e. The first-order valence-electron chi connectivity index (χ1n) is 6.67. The Morgan fingerprint density at radius 3 is 2.00 bits per heavy atom. The molecule has 0 radical (unpaired) electrons. The lowest BCUT2D eigenvalue weighted by Gasteiger charge is -2.31. The SMILES string of the molecule is S=P1(Oc2ccccc2)Nc2cccc3cccc(c23)N1. The van der Waals surface area contributed by atoms with Crippen LogP contribution in [0, 0.1) is 0 Å². The molecular weight excluding hydrogens is 299 g/mol. The van der Waals surface area contributed by atoms with E-state index < -0.39 is 6.57 Å². The molecule has 2 N–H and O–H groups in total. The van der Waals surface area contributed by atoms with Crippen LogP contribution in [0.1, 0.15) is 0 Å². The van der Waals surface area contributed by atoms with Gasteiger partial charge in [0.25, 0.3) is 6.57 Å². The van der Waals surface area contributed by atoms with Gasteiger partial charge in [-0.05, 0) is 41.5 Å². The van der Waals surface area contributed by atoms with Crippen molar-refractivity contribution in [2.45, 2.75) is 0 Å². The van der Waals surface area contributed by atoms with Gasteiger partial charge in [-0.1, -0.05) is 42.5 Å². The summed E-state index contributed by atoms with van der Waals surface area (Å²) in [5.41, 5.74) is 2.06. The minimum absolute atomic E-state index is 0.771. The molecule has 0 unspecified atom stereocenters. The average Bonchev–Trinajstić information content (AvgIpc) is 2.48. The van der Waals surface area contributed by atoms with Crippen molar-refractivity contribution in [2.75, 3.05) is 10.2 Å². The second kappa shape index (κ2) is 4.76. The Morgan fingerprint density at radius 1 is 0.762 bits per heavy atom. The summed E-state index contributed by atoms with van der Waals surface area (Å²) in [6.07, 6.45) is 0. The summed E-state index contributed by atoms with van der Waals surface area (Å²) in [7, 11) is 0. The maximum absolute atomic E-state index is 6.03. The molecule has 3 aromatic rings. The van der Waals surface area contributed by atoms with Gasteiger partial charge in [0, 0.05) is 5.39 Å². The molecule has 0 aliphatic carbocycles. The molecule has 0 atom stereocenters. The van der Waals surface area contributed by atoms with Gasteiger partial charge in [0.15, 0.2) is 0 Å². The molecule has 0 saturated heterocycles. The summed E-state index contributed by atoms with van der Waals surface area (Å²) in [6, 6.07) is 22.0. The molecule has 0 bridgehead atoms. The number of benzene rings is 3. The van der Waals surface area contributed by atoms with Crippen molar-refractivity contribution in [2.24, 2.45) is 0 Å². The minimum atomic E-state index is -2.40. The Bertz CT molecular complexity index is 822. The lowest BCUT2D eigenvalue weighted by atomic mass is 10.1. The second-order valence-electron chi connectivity index (χ2n) is 4.89. The van der Waals surface area contributed by atoms with Crippen molar-refractivity contribution in [3.05, 3.63) is 66.7 Å². The fourth-order valence-corrected chi connectivity index (χ4v) is 4.97. The largest absolute Gasteiger partial charge is 0.433 e. The fourth-order valence-electron chi connectivity index (χ4n) is 2.55. The third-order valence-electron chi connectivity index (χ3n) is 3.42. The van der Waals surface area contributed by atoms with E-state index in [0.717, 1.165) is 22.5 Å². The van der Waals surface area contributed by atoms with Gasteiger partial charge in [0.05, 0.1) is 11.4 Å². The molecule has 0 spiro atoms. The highest BCUT2D eigenvalue weighted by atomic mass is 32.4. The van der Waals surface area contributed by atoms with Crippen LogP contribution in [-0.2, 0) is 11.8 Å². The van der Waals surface area contributed by atoms with E-state index in [1.807, 2.05) is 54.6 Å². The topological polar surface area (TPSA) is 33.3 Å². The highest BCUT2D eigenvalue weighted by molar-refractivity contribution is 8.13. The Labute approximate surface area is 128 Å². The summed E-state index contributed by atoms with van der Waals surface area (Å²) in [5.74, 6) is 0.771. The van der Waals surface area contributed by atoms with Gasteiger partial charge < -0.3 is 14.7 Å². The molecule has 5 heteroatoms. The molecule has 104 valence electrons. The number of para-hydroxylation sites is 1. The van der Waals surface area contributed by atoms with Crippen molar-refractivity contribution in [1.29, 1.82) is 0 Å². The first kappa shape index (κ1) is 12.7. The van der Waals surface area contributed by atoms with Gasteiger partial charge >= 0.3 is 0 Å². The van der Waals surface area contributed by atoms with Gasteiger partial charge in [0.2, 0.25) is 0 Å². The van der Waals surface area contributed by atoms with Crippen molar-refractivity contribution in [3.63, 3.8) is 0 Å². The van der Waals surface area contributed by atoms with Crippen LogP contribution in [0.3, 0.4) is 0 Å². The average molecular weight is 312 g/mol. The summed E-state index contributed by atoms with van der Waals surface area (Å²) in [4.78, 5) is 0. The summed E-state index contributed by atoms with van der Waals surface area (Å²) in [6.45, 7) is -2.40. The van der Waals surface area contributed by atoms with Gasteiger partial charge in [-0.15, -0.1) is 0 Å². The minimum Gasteiger partial charge on any atom is -0.433 e. The van der Waals surface area contributed by atoms with E-state index in [1.54, 1.807) is 0 Å². The van der Waals surface area contributed by atoms with Crippen LogP contribution >= 0.6 is 6.57 Å². The highest BCUT2D eigenvalue weighted by Crippen LogP contribution is 2.53. The first-order valence-corrected chi connectivity index (χ1v) is 9.39. The van der Waals surface area contributed by atoms with Crippen molar-refractivity contribution in [3.8, 4) is 5.75 Å². The Balaban J connectivity index is 1.78. The summed E-state index contributed by atoms with van der Waals surface area (Å²) in [5, 5.41) is 9.11. The molecule has 1 aliphatic heterocycles. The quantitative estimate of drug-likeness (QED) is 0.654. The lowest BCUT2D eigenvalue weighted by Crippen LogP contribution is -2.15. The Morgan fingerprint density at radius 2 is 1.38 bits per heavy atom. The third kappa shape index (κ3) is 2.27. The highest BCUT2D eigenvalue weighted by Gasteiger charge is 2.26. The molecule has 0 fully saturated rings. The van der Waals surface area contributed by atoms with Crippen LogP contribution < -0.4 is 14.7 Å². The normalized spacial score (nSPS) is 15.0. The van der Waals surface area contributed by atoms with Gasteiger partial charge in [-0.25, -0.2) is 0 Å². The molecule has 1 aliphatic rings. The predicted octanol–water partition coefficient (Wildman–Crippen LogP) is 4.98. The van der Waals surface area contributed by atoms with Gasteiger partial charge in [-0.2, -0.15) is 0 Å². The number of nitrogens with one attached hydrogen (secondary N) is 2. The van der Waals surface area contributed by atoms with Crippen molar-refractivity contribution < 1.29 is 4.52 Å². The Hall–Kier alpha value is -2.03. The fraction of sp³-hybridized carbons (Fsp3) is 0. The van der Waals surface area contributed by atoms with E-state index in [-0.39, 0.29) is 0 Å². The lowest BCUT2D eigenvalue weighted by molar-refractivity contribution is 0.620. The molecule has 21 heavy (non-hydrogen) atoms. The number of hydrogen-bond donors (Lipinski definition) is 2. The van der Waals surface area contributed by atoms with E-state index in [9.17, 15) is 0 Å². The zero-order valence-corrected chi connectivity index (χ0v) is 12.8. The number of hydrogen-bond acceptors (Lipinski definition) is 2. The maximum atomic E-state index is 6.03. The van der Waals surface area contributed by atoms with Crippen LogP contribution in [0.4, 0.5) is 11.4 Å². The molecule has 0 amide bonds. The summed E-state index contributed by atoms with van der Waals surface area (Å²) >= 11 is 5.72. The van der Waals surface area contributed by atoms with Crippen LogP contribution in [0.15, 0.2) is 66.7 Å². The van der Waals surface area contributed by atoms with Crippen LogP contribution in [-0.4, -0.2) is 0 Å². The van der Waals surface area contributed by atoms with E-state index in [1.165, 1.54) is 5.39 Å². The van der Waals surface area contributed by atoms with E-state index >= 15 is 0 Å². The van der Waals surface area contributed by atoms with Crippen LogP contribution in [0.25, 0.3) is 10.8 Å². The van der Waals surface area contributed by atoms with Crippen molar-refractivity contribution in [1.82, 2.24) is 0 Å². The molecule has 0 saturated carbocycles. The molecule has 4 rings (SSSR count). The predicted molar refractivity (Wildman–Crippen MR) is 92.5 cm³/mol. The standard InChI is InChI=1S/C16H13N2OPS/c21-20(19-13-8-2-1-3-9-13)17-14-10-4-6-12-7-5-11-15(18-20)16(12)14/h1-11H,(H2,17,18,21). The third-order valence-corrected chi connectivity index (χ3v) is 5.73. The van der Waals surface area contributed by atoms with Gasteiger partial charge in [0.1, 0.15) is 5.75 Å². The zero-order chi connectivity index (χ0) is 14.3. The van der Waals surface area contributed by atoms with E-state index in [0.29, 0.717) is 0 Å². The van der Waals surface area contributed by atoms with E-state index in [4.69, 9.17) is 16.3 Å². The zero-order valence-electron chi connectivity index (χ0n) is 11.1. The monoisotopic (exact) mass is 312 g/mol. The number of rotatable bonds is 2. The second-order valence-corrected chi connectivity index (χ2v) is 8.16. The van der Waals surface area contributed by atoms with Crippen LogP contribution in [0.2, 0.25) is 0 Å². The van der Waals surface area contributed by atoms with Gasteiger partial charge in [-0.3, -0.25) is 0 Å². The molecule has 1 heterocycles. The molecule has 3 nitrogen and oxygen atoms in total. The molecular formula is C16H13N2OPS. The maximum Gasteiger partial charge on any atom is 0.299 e.